The van der Waals surface area contributed by atoms with Gasteiger partial charge in [0.2, 0.25) is 0 Å². The number of esters is 1. The number of hydrogen-bond donors (Lipinski definition) is 0. The molecular weight excluding hydrogens is 632 g/mol. The van der Waals surface area contributed by atoms with Crippen molar-refractivity contribution in [1.29, 1.82) is 0 Å². The van der Waals surface area contributed by atoms with E-state index in [0.29, 0.717) is 3.57 Å². The fourth-order valence-electron chi connectivity index (χ4n) is 1.57. The lowest BCUT2D eigenvalue weighted by Gasteiger charge is -2.10. The number of rotatable bonds is 3. The molecule has 0 fully saturated rings. The topological polar surface area (TPSA) is 66.4 Å². The number of carbonyl (C=O) groups is 2. The number of benzene rings is 2. The summed E-state index contributed by atoms with van der Waals surface area (Å²) in [6.45, 7) is 0. The fraction of sp³-hybridized carbons (Fsp3) is 0. The van der Waals surface area contributed by atoms with E-state index < -0.39 is 23.5 Å². The van der Waals surface area contributed by atoms with Crippen molar-refractivity contribution in [3.63, 3.8) is 0 Å². The van der Waals surface area contributed by atoms with Gasteiger partial charge in [0.1, 0.15) is 0 Å². The Hall–Kier alpha value is -0.500. The van der Waals surface area contributed by atoms with Crippen LogP contribution in [0.3, 0.4) is 0 Å². The third-order valence-corrected chi connectivity index (χ3v) is 6.25. The molecule has 22 heavy (non-hydrogen) atoms. The van der Waals surface area contributed by atoms with Crippen LogP contribution in [-0.2, 0) is 0 Å². The zero-order valence-corrected chi connectivity index (χ0v) is 17.0. The molecule has 0 aliphatic heterocycles. The molecule has 0 radical (unpaired) electrons. The van der Waals surface area contributed by atoms with Crippen LogP contribution in [0.15, 0.2) is 30.3 Å². The van der Waals surface area contributed by atoms with Gasteiger partial charge in [0, 0.05) is 16.3 Å². The maximum absolute atomic E-state index is 13.7. The third-order valence-electron chi connectivity index (χ3n) is 2.58. The Morgan fingerprint density at radius 2 is 1.77 bits per heavy atom. The van der Waals surface area contributed by atoms with Gasteiger partial charge in [0.15, 0.2) is 11.6 Å². The molecule has 0 amide bonds. The molecule has 0 N–H and O–H groups in total. The van der Waals surface area contributed by atoms with E-state index in [0.717, 1.165) is 25.3 Å². The van der Waals surface area contributed by atoms with Gasteiger partial charge in [0.05, 0.1) is 11.5 Å². The minimum atomic E-state index is -1.48. The van der Waals surface area contributed by atoms with Crippen molar-refractivity contribution >= 4 is 79.7 Å². The van der Waals surface area contributed by atoms with Crippen LogP contribution in [0, 0.1) is 16.5 Å². The Bertz CT molecular complexity index is 777. The van der Waals surface area contributed by atoms with Crippen molar-refractivity contribution in [3.8, 4) is 5.75 Å². The Labute approximate surface area is 165 Å². The second-order valence-electron chi connectivity index (χ2n) is 4.07. The molecule has 0 saturated heterocycles. The summed E-state index contributed by atoms with van der Waals surface area (Å²) in [7, 11) is 0. The molecule has 0 saturated carbocycles. The lowest BCUT2D eigenvalue weighted by atomic mass is 10.2. The molecule has 0 spiro atoms. The maximum Gasteiger partial charge on any atom is 0.344 e. The minimum absolute atomic E-state index is 0.267. The highest BCUT2D eigenvalue weighted by Crippen LogP contribution is 2.25. The first-order valence-electron chi connectivity index (χ1n) is 5.67. The van der Waals surface area contributed by atoms with Crippen molar-refractivity contribution in [3.05, 3.63) is 58.0 Å². The largest absolute Gasteiger partial charge is 0.545 e. The normalized spacial score (nSPS) is 10.4. The first-order valence-corrected chi connectivity index (χ1v) is 8.91. The van der Waals surface area contributed by atoms with E-state index in [9.17, 15) is 19.1 Å². The molecule has 4 nitrogen and oxygen atoms in total. The molecule has 0 atom stereocenters. The first-order chi connectivity index (χ1) is 10.3. The summed E-state index contributed by atoms with van der Waals surface area (Å²) in [5.41, 5.74) is 0.0197. The second kappa shape index (κ2) is 7.38. The van der Waals surface area contributed by atoms with Gasteiger partial charge in [-0.05, 0) is 98.1 Å². The summed E-state index contributed by atoms with van der Waals surface area (Å²) in [5, 5.41) is 10.8. The molecule has 0 bridgehead atoms. The summed E-state index contributed by atoms with van der Waals surface area (Å²) in [6.07, 6.45) is 0. The highest BCUT2D eigenvalue weighted by atomic mass is 127. The molecular formula is C14H5FI3O4-. The average Bonchev–Trinajstić information content (AvgIpc) is 2.44. The van der Waals surface area contributed by atoms with Crippen molar-refractivity contribution in [2.75, 3.05) is 0 Å². The van der Waals surface area contributed by atoms with Crippen LogP contribution in [0.5, 0.6) is 5.75 Å². The van der Waals surface area contributed by atoms with Gasteiger partial charge >= 0.3 is 5.97 Å². The highest BCUT2D eigenvalue weighted by Gasteiger charge is 2.18. The smallest absolute Gasteiger partial charge is 0.344 e. The molecule has 0 unspecified atom stereocenters. The third kappa shape index (κ3) is 4.07. The minimum Gasteiger partial charge on any atom is -0.545 e. The summed E-state index contributed by atoms with van der Waals surface area (Å²) in [4.78, 5) is 23.0. The van der Waals surface area contributed by atoms with E-state index in [1.165, 1.54) is 0 Å². The number of ether oxygens (including phenoxy) is 1. The number of hydrogen-bond acceptors (Lipinski definition) is 4. The molecule has 2 aromatic carbocycles. The van der Waals surface area contributed by atoms with Crippen LogP contribution < -0.4 is 9.84 Å². The van der Waals surface area contributed by atoms with E-state index in [4.69, 9.17) is 4.74 Å². The zero-order chi connectivity index (χ0) is 16.4. The lowest BCUT2D eigenvalue weighted by Crippen LogP contribution is -2.22. The van der Waals surface area contributed by atoms with E-state index in [-0.39, 0.29) is 11.1 Å². The van der Waals surface area contributed by atoms with Crippen molar-refractivity contribution in [2.45, 2.75) is 0 Å². The van der Waals surface area contributed by atoms with Gasteiger partial charge in [-0.2, -0.15) is 0 Å². The summed E-state index contributed by atoms with van der Waals surface area (Å²) in [5.74, 6) is -3.50. The summed E-state index contributed by atoms with van der Waals surface area (Å²) in [6, 6.07) is 6.38. The summed E-state index contributed by atoms with van der Waals surface area (Å²) < 4.78 is 21.0. The van der Waals surface area contributed by atoms with Crippen LogP contribution in [0.1, 0.15) is 20.7 Å². The quantitative estimate of drug-likeness (QED) is 0.225. The van der Waals surface area contributed by atoms with Crippen molar-refractivity contribution in [1.82, 2.24) is 0 Å². The highest BCUT2D eigenvalue weighted by molar-refractivity contribution is 14.1. The predicted molar refractivity (Wildman–Crippen MR) is 100 cm³/mol. The zero-order valence-electron chi connectivity index (χ0n) is 10.5. The van der Waals surface area contributed by atoms with Gasteiger partial charge in [-0.15, -0.1) is 0 Å². The number of carboxylic acids is 1. The first kappa shape index (κ1) is 17.8. The SMILES string of the molecule is O=C([O-])c1ccc(F)c(OC(=O)c2cc(I)cc(I)c2I)c1. The summed E-state index contributed by atoms with van der Waals surface area (Å²) >= 11 is 6.13. The molecule has 0 heterocycles. The molecule has 2 aromatic rings. The number of aromatic carboxylic acids is 1. The van der Waals surface area contributed by atoms with Crippen LogP contribution in [0.25, 0.3) is 0 Å². The monoisotopic (exact) mass is 637 g/mol. The van der Waals surface area contributed by atoms with Gasteiger partial charge < -0.3 is 14.6 Å². The van der Waals surface area contributed by atoms with E-state index in [1.54, 1.807) is 6.07 Å². The molecule has 114 valence electrons. The fourth-order valence-corrected chi connectivity index (χ4v) is 3.94. The van der Waals surface area contributed by atoms with E-state index >= 15 is 0 Å². The van der Waals surface area contributed by atoms with Crippen molar-refractivity contribution in [2.24, 2.45) is 0 Å². The van der Waals surface area contributed by atoms with Crippen LogP contribution in [0.4, 0.5) is 4.39 Å². The van der Waals surface area contributed by atoms with E-state index in [2.05, 4.69) is 45.2 Å². The Morgan fingerprint density at radius 3 is 2.41 bits per heavy atom. The molecule has 0 aromatic heterocycles. The number of carboxylic acid groups (broad SMARTS) is 1. The van der Waals surface area contributed by atoms with Crippen LogP contribution in [-0.4, -0.2) is 11.9 Å². The van der Waals surface area contributed by atoms with Crippen LogP contribution >= 0.6 is 67.8 Å². The molecule has 2 rings (SSSR count). The van der Waals surface area contributed by atoms with Gasteiger partial charge in [-0.25, -0.2) is 9.18 Å². The van der Waals surface area contributed by atoms with Crippen LogP contribution in [0.2, 0.25) is 0 Å². The van der Waals surface area contributed by atoms with Gasteiger partial charge in [-0.1, -0.05) is 0 Å². The average molecular weight is 637 g/mol. The molecule has 0 aliphatic carbocycles. The number of carbonyl (C=O) groups excluding carboxylic acids is 2. The Morgan fingerprint density at radius 1 is 1.09 bits per heavy atom. The predicted octanol–water partition coefficient (Wildman–Crippen LogP) is 3.22. The molecule has 8 heteroatoms. The molecule has 0 aliphatic rings. The Balaban J connectivity index is 2.37. The van der Waals surface area contributed by atoms with Gasteiger partial charge in [0.25, 0.3) is 0 Å². The van der Waals surface area contributed by atoms with Gasteiger partial charge in [-0.3, -0.25) is 0 Å². The number of halogens is 4. The Kier molecular flexibility index (Phi) is 5.99. The van der Waals surface area contributed by atoms with Crippen molar-refractivity contribution < 1.29 is 23.8 Å². The second-order valence-corrected chi connectivity index (χ2v) is 7.56. The lowest BCUT2D eigenvalue weighted by molar-refractivity contribution is -0.255. The van der Waals surface area contributed by atoms with E-state index in [1.807, 2.05) is 28.7 Å². The standard InChI is InChI=1S/C14H6FI3O4/c15-9-2-1-6(13(19)20)3-11(9)22-14(21)8-4-7(16)5-10(17)12(8)18/h1-5H,(H,19,20)/p-1. The maximum atomic E-state index is 13.7.